The highest BCUT2D eigenvalue weighted by atomic mass is 35.5. The lowest BCUT2D eigenvalue weighted by molar-refractivity contribution is -0.236. The molecule has 0 amide bonds. The first-order valence-electron chi connectivity index (χ1n) is 14.5. The van der Waals surface area contributed by atoms with Crippen LogP contribution in [0.5, 0.6) is 5.88 Å². The first-order chi connectivity index (χ1) is 18.0. The molecule has 1 aromatic heterocycles. The summed E-state index contributed by atoms with van der Waals surface area (Å²) >= 11 is 6.07. The Balaban J connectivity index is 1.05. The number of ether oxygens (including phenoxy) is 3. The van der Waals surface area contributed by atoms with Crippen molar-refractivity contribution in [2.45, 2.75) is 107 Å². The van der Waals surface area contributed by atoms with Gasteiger partial charge in [0.2, 0.25) is 11.8 Å². The normalized spacial score (nSPS) is 42.6. The van der Waals surface area contributed by atoms with Crippen molar-refractivity contribution in [2.75, 3.05) is 19.0 Å². The number of aliphatic hydroxyl groups is 2. The Hall–Kier alpha value is -1.19. The van der Waals surface area contributed by atoms with Gasteiger partial charge < -0.3 is 29.7 Å². The molecule has 8 nitrogen and oxygen atoms in total. The van der Waals surface area contributed by atoms with Crippen molar-refractivity contribution in [2.24, 2.45) is 29.6 Å². The lowest BCUT2D eigenvalue weighted by atomic mass is 9.64. The van der Waals surface area contributed by atoms with Gasteiger partial charge in [0.05, 0.1) is 13.7 Å². The lowest BCUT2D eigenvalue weighted by Crippen LogP contribution is -2.65. The van der Waals surface area contributed by atoms with Gasteiger partial charge in [-0.2, -0.15) is 4.98 Å². The second-order valence-corrected chi connectivity index (χ2v) is 12.6. The Labute approximate surface area is 224 Å². The summed E-state index contributed by atoms with van der Waals surface area (Å²) in [5, 5.41) is 25.7. The van der Waals surface area contributed by atoms with Gasteiger partial charge in [0, 0.05) is 6.07 Å². The average molecular weight is 536 g/mol. The molecule has 0 aromatic carbocycles. The molecule has 3 heterocycles. The molecule has 3 aliphatic carbocycles. The highest BCUT2D eigenvalue weighted by molar-refractivity contribution is 6.29. The summed E-state index contributed by atoms with van der Waals surface area (Å²) in [4.78, 5) is 8.41. The molecular weight excluding hydrogens is 494 g/mol. The third kappa shape index (κ3) is 4.97. The van der Waals surface area contributed by atoms with Crippen LogP contribution in [0, 0.1) is 29.6 Å². The minimum Gasteiger partial charge on any atom is -0.481 e. The second kappa shape index (κ2) is 10.8. The number of halogens is 1. The molecule has 2 bridgehead atoms. The Morgan fingerprint density at radius 3 is 2.14 bits per heavy atom. The summed E-state index contributed by atoms with van der Waals surface area (Å²) in [5.41, 5.74) is -0.861. The fraction of sp³-hybridized carbons (Fsp3) is 0.857. The first kappa shape index (κ1) is 26.1. The lowest BCUT2D eigenvalue weighted by Gasteiger charge is -2.49. The van der Waals surface area contributed by atoms with Crippen molar-refractivity contribution in [3.63, 3.8) is 0 Å². The zero-order chi connectivity index (χ0) is 25.6. The van der Waals surface area contributed by atoms with Crippen LogP contribution in [-0.2, 0) is 9.47 Å². The molecule has 0 spiro atoms. The average Bonchev–Trinajstić information content (AvgIpc) is 3.61. The molecular formula is C28H42ClN3O5. The number of methoxy groups -OCH3 is 1. The molecule has 5 atom stereocenters. The van der Waals surface area contributed by atoms with Gasteiger partial charge in [0.25, 0.3) is 0 Å². The van der Waals surface area contributed by atoms with Gasteiger partial charge >= 0.3 is 0 Å². The highest BCUT2D eigenvalue weighted by Crippen LogP contribution is 2.51. The maximum Gasteiger partial charge on any atom is 0.227 e. The molecule has 3 N–H and O–H groups in total. The highest BCUT2D eigenvalue weighted by Gasteiger charge is 2.62. The number of hydrogen-bond donors (Lipinski definition) is 3. The van der Waals surface area contributed by atoms with Crippen molar-refractivity contribution in [3.8, 4) is 5.88 Å². The SMILES string of the molecule is COc1cc(Cl)nc(N[C@H]2[C@H]3OC[C@](C4CCC(C5CCC(C6CCCC6)CC5)CC4)(O3)[C@H](O)[C@@H]2O)n1. The van der Waals surface area contributed by atoms with Crippen molar-refractivity contribution in [3.05, 3.63) is 11.2 Å². The van der Waals surface area contributed by atoms with Crippen LogP contribution in [0.25, 0.3) is 0 Å². The molecule has 37 heavy (non-hydrogen) atoms. The minimum atomic E-state index is -1.08. The van der Waals surface area contributed by atoms with Crippen LogP contribution >= 0.6 is 11.6 Å². The Bertz CT molecular complexity index is 932. The predicted molar refractivity (Wildman–Crippen MR) is 139 cm³/mol. The Kier molecular flexibility index (Phi) is 7.58. The maximum absolute atomic E-state index is 11.3. The molecule has 1 aromatic rings. The van der Waals surface area contributed by atoms with Gasteiger partial charge in [-0.05, 0) is 81.0 Å². The second-order valence-electron chi connectivity index (χ2n) is 12.2. The standard InChI is InChI=1S/C28H42ClN3O5/c1-35-22-14-21(29)30-27(31-22)32-23-24(33)25(34)28(15-36-26(23)37-28)20-12-10-19(11-13-20)18-8-6-17(7-9-18)16-4-2-3-5-16/h14,16-20,23-26,33-34H,2-13,15H2,1H3,(H,30,31,32)/t17?,18?,19?,20?,23-,24-,25-,26+,28-/m1/s1. The first-order valence-corrected chi connectivity index (χ1v) is 14.9. The molecule has 5 fully saturated rings. The molecule has 0 unspecified atom stereocenters. The van der Waals surface area contributed by atoms with E-state index in [2.05, 4.69) is 15.3 Å². The van der Waals surface area contributed by atoms with Crippen LogP contribution in [0.2, 0.25) is 5.15 Å². The van der Waals surface area contributed by atoms with E-state index in [4.69, 9.17) is 25.8 Å². The van der Waals surface area contributed by atoms with E-state index < -0.39 is 30.1 Å². The predicted octanol–water partition coefficient (Wildman–Crippen LogP) is 4.57. The van der Waals surface area contributed by atoms with Crippen LogP contribution in [0.3, 0.4) is 0 Å². The summed E-state index contributed by atoms with van der Waals surface area (Å²) in [6.45, 7) is 0.287. The van der Waals surface area contributed by atoms with Gasteiger partial charge in [0.1, 0.15) is 29.0 Å². The summed E-state index contributed by atoms with van der Waals surface area (Å²) in [6, 6.07) is 0.782. The molecule has 0 radical (unpaired) electrons. The van der Waals surface area contributed by atoms with E-state index in [-0.39, 0.29) is 23.6 Å². The summed E-state index contributed by atoms with van der Waals surface area (Å²) < 4.78 is 17.6. The fourth-order valence-corrected chi connectivity index (χ4v) is 8.57. The van der Waals surface area contributed by atoms with E-state index >= 15 is 0 Å². The number of nitrogens with one attached hydrogen (secondary N) is 1. The van der Waals surface area contributed by atoms with Gasteiger partial charge in [-0.25, -0.2) is 4.98 Å². The Morgan fingerprint density at radius 1 is 0.919 bits per heavy atom. The topological polar surface area (TPSA) is 106 Å². The zero-order valence-corrected chi connectivity index (χ0v) is 22.6. The monoisotopic (exact) mass is 535 g/mol. The fourth-order valence-electron chi connectivity index (χ4n) is 8.40. The largest absolute Gasteiger partial charge is 0.481 e. The third-order valence-electron chi connectivity index (χ3n) is 10.5. The number of rotatable bonds is 6. The van der Waals surface area contributed by atoms with Crippen molar-refractivity contribution >= 4 is 17.5 Å². The van der Waals surface area contributed by atoms with Crippen LogP contribution in [0.15, 0.2) is 6.07 Å². The van der Waals surface area contributed by atoms with E-state index in [0.29, 0.717) is 5.88 Å². The van der Waals surface area contributed by atoms with Crippen molar-refractivity contribution < 1.29 is 24.4 Å². The van der Waals surface area contributed by atoms with Crippen molar-refractivity contribution in [1.29, 1.82) is 0 Å². The number of hydrogen-bond acceptors (Lipinski definition) is 8. The number of anilines is 1. The third-order valence-corrected chi connectivity index (χ3v) is 10.7. The smallest absolute Gasteiger partial charge is 0.227 e. The number of aromatic nitrogens is 2. The van der Waals surface area contributed by atoms with E-state index in [9.17, 15) is 10.2 Å². The molecule has 2 aliphatic heterocycles. The van der Waals surface area contributed by atoms with Gasteiger partial charge in [-0.3, -0.25) is 0 Å². The quantitative estimate of drug-likeness (QED) is 0.455. The van der Waals surface area contributed by atoms with E-state index in [0.717, 1.165) is 36.5 Å². The van der Waals surface area contributed by atoms with Crippen LogP contribution in [0.1, 0.15) is 77.0 Å². The van der Waals surface area contributed by atoms with Crippen LogP contribution in [0.4, 0.5) is 5.95 Å². The number of aliphatic hydroxyl groups excluding tert-OH is 2. The zero-order valence-electron chi connectivity index (χ0n) is 21.9. The minimum absolute atomic E-state index is 0.177. The van der Waals surface area contributed by atoms with Gasteiger partial charge in [-0.15, -0.1) is 0 Å². The van der Waals surface area contributed by atoms with Gasteiger partial charge in [0.15, 0.2) is 6.29 Å². The van der Waals surface area contributed by atoms with E-state index in [1.807, 2.05) is 0 Å². The summed E-state index contributed by atoms with van der Waals surface area (Å²) in [6.07, 6.45) is 13.0. The molecule has 9 heteroatoms. The van der Waals surface area contributed by atoms with Crippen molar-refractivity contribution in [1.82, 2.24) is 9.97 Å². The molecule has 2 saturated heterocycles. The number of nitrogens with zero attached hydrogens (tertiary/aromatic N) is 2. The van der Waals surface area contributed by atoms with E-state index in [1.165, 1.54) is 77.4 Å². The van der Waals surface area contributed by atoms with Crippen LogP contribution < -0.4 is 10.1 Å². The Morgan fingerprint density at radius 2 is 1.51 bits per heavy atom. The molecule has 3 saturated carbocycles. The maximum atomic E-state index is 11.3. The molecule has 5 aliphatic rings. The molecule has 206 valence electrons. The van der Waals surface area contributed by atoms with Crippen LogP contribution in [-0.4, -0.2) is 64.0 Å². The van der Waals surface area contributed by atoms with E-state index in [1.54, 1.807) is 0 Å². The summed E-state index contributed by atoms with van der Waals surface area (Å²) in [7, 11) is 1.50. The molecule has 6 rings (SSSR count). The summed E-state index contributed by atoms with van der Waals surface area (Å²) in [5.74, 6) is 4.30. The number of fused-ring (bicyclic) bond motifs is 2. The van der Waals surface area contributed by atoms with Gasteiger partial charge in [-0.1, -0.05) is 37.3 Å².